The number of alkyl carbamates (subject to hydrolysis) is 1. The van der Waals surface area contributed by atoms with Gasteiger partial charge < -0.3 is 20.5 Å². The summed E-state index contributed by atoms with van der Waals surface area (Å²) in [5.41, 5.74) is 4.60. The number of carboxylic acid groups (broad SMARTS) is 1. The molecule has 7 heteroatoms. The maximum absolute atomic E-state index is 12.6. The van der Waals surface area contributed by atoms with Crippen LogP contribution in [0.2, 0.25) is 0 Å². The second-order valence-electron chi connectivity index (χ2n) is 9.63. The van der Waals surface area contributed by atoms with E-state index in [2.05, 4.69) is 34.9 Å². The van der Waals surface area contributed by atoms with E-state index in [1.807, 2.05) is 45.0 Å². The molecule has 1 unspecified atom stereocenters. The number of carboxylic acids is 1. The highest BCUT2D eigenvalue weighted by atomic mass is 16.5. The Labute approximate surface area is 207 Å². The van der Waals surface area contributed by atoms with Gasteiger partial charge in [-0.2, -0.15) is 0 Å². The Morgan fingerprint density at radius 3 is 2.14 bits per heavy atom. The number of carbonyl (C=O) groups is 3. The molecular weight excluding hydrogens is 444 g/mol. The molecule has 0 aliphatic heterocycles. The van der Waals surface area contributed by atoms with Crippen LogP contribution in [0.25, 0.3) is 11.1 Å². The molecular formula is C28H36N2O5. The molecule has 35 heavy (non-hydrogen) atoms. The average Bonchev–Trinajstić information content (AvgIpc) is 3.14. The molecule has 3 rings (SSSR count). The molecule has 0 fully saturated rings. The molecule has 0 spiro atoms. The fraction of sp³-hybridized carbons (Fsp3) is 0.464. The number of carbonyl (C=O) groups excluding carboxylic acids is 2. The molecule has 0 saturated heterocycles. The van der Waals surface area contributed by atoms with Crippen molar-refractivity contribution in [2.75, 3.05) is 13.2 Å². The Hall–Kier alpha value is -3.35. The Balaban J connectivity index is 1.54. The molecule has 7 nitrogen and oxygen atoms in total. The molecule has 1 aliphatic carbocycles. The van der Waals surface area contributed by atoms with Crippen molar-refractivity contribution in [1.29, 1.82) is 0 Å². The van der Waals surface area contributed by atoms with Crippen LogP contribution < -0.4 is 10.6 Å². The van der Waals surface area contributed by atoms with E-state index in [0.717, 1.165) is 28.7 Å². The normalized spacial score (nSPS) is 14.1. The van der Waals surface area contributed by atoms with Gasteiger partial charge in [0.1, 0.15) is 6.61 Å². The number of benzene rings is 2. The van der Waals surface area contributed by atoms with Crippen molar-refractivity contribution in [1.82, 2.24) is 10.6 Å². The zero-order valence-electron chi connectivity index (χ0n) is 20.8. The fourth-order valence-electron chi connectivity index (χ4n) is 4.75. The van der Waals surface area contributed by atoms with Gasteiger partial charge in [-0.25, -0.2) is 4.79 Å². The molecule has 2 amide bonds. The van der Waals surface area contributed by atoms with Crippen molar-refractivity contribution >= 4 is 18.0 Å². The number of hydrogen-bond donors (Lipinski definition) is 3. The lowest BCUT2D eigenvalue weighted by Crippen LogP contribution is -2.41. The van der Waals surface area contributed by atoms with Gasteiger partial charge >= 0.3 is 12.1 Å². The van der Waals surface area contributed by atoms with Crippen LogP contribution in [0.1, 0.15) is 63.5 Å². The lowest BCUT2D eigenvalue weighted by molar-refractivity contribution is -0.142. The van der Waals surface area contributed by atoms with Crippen LogP contribution >= 0.6 is 0 Å². The summed E-state index contributed by atoms with van der Waals surface area (Å²) in [6, 6.07) is 15.9. The van der Waals surface area contributed by atoms with Crippen molar-refractivity contribution in [3.8, 4) is 11.1 Å². The zero-order valence-corrected chi connectivity index (χ0v) is 20.8. The lowest BCUT2D eigenvalue weighted by Gasteiger charge is -2.20. The van der Waals surface area contributed by atoms with Crippen LogP contribution in [0.5, 0.6) is 0 Å². The predicted octanol–water partition coefficient (Wildman–Crippen LogP) is 4.95. The van der Waals surface area contributed by atoms with Gasteiger partial charge in [-0.3, -0.25) is 9.59 Å². The zero-order chi connectivity index (χ0) is 25.4. The summed E-state index contributed by atoms with van der Waals surface area (Å²) in [6.45, 7) is 6.17. The third kappa shape index (κ3) is 7.07. The SMILES string of the molecule is CCC[C@@H](CC(=O)NCC(CC(C)C)C(=O)O)NC(=O)OCC1c2ccccc2-c2ccccc21. The maximum Gasteiger partial charge on any atom is 0.407 e. The smallest absolute Gasteiger partial charge is 0.407 e. The quantitative estimate of drug-likeness (QED) is 0.399. The summed E-state index contributed by atoms with van der Waals surface area (Å²) >= 11 is 0. The second-order valence-corrected chi connectivity index (χ2v) is 9.63. The minimum atomic E-state index is -0.916. The molecule has 2 atom stereocenters. The highest BCUT2D eigenvalue weighted by Crippen LogP contribution is 2.44. The predicted molar refractivity (Wildman–Crippen MR) is 135 cm³/mol. The number of aliphatic carboxylic acids is 1. The van der Waals surface area contributed by atoms with Gasteiger partial charge in [-0.1, -0.05) is 75.7 Å². The Morgan fingerprint density at radius 2 is 1.60 bits per heavy atom. The van der Waals surface area contributed by atoms with Gasteiger partial charge in [-0.15, -0.1) is 0 Å². The van der Waals surface area contributed by atoms with Crippen LogP contribution in [0.4, 0.5) is 4.79 Å². The van der Waals surface area contributed by atoms with Gasteiger partial charge in [0.25, 0.3) is 0 Å². The van der Waals surface area contributed by atoms with Crippen LogP contribution in [0.3, 0.4) is 0 Å². The van der Waals surface area contributed by atoms with Crippen LogP contribution in [-0.2, 0) is 14.3 Å². The second kappa shape index (κ2) is 12.4. The summed E-state index contributed by atoms with van der Waals surface area (Å²) in [7, 11) is 0. The molecule has 0 radical (unpaired) electrons. The molecule has 0 bridgehead atoms. The lowest BCUT2D eigenvalue weighted by atomic mass is 9.97. The largest absolute Gasteiger partial charge is 0.481 e. The van der Waals surface area contributed by atoms with Crippen molar-refractivity contribution in [2.24, 2.45) is 11.8 Å². The van der Waals surface area contributed by atoms with E-state index in [4.69, 9.17) is 4.74 Å². The maximum atomic E-state index is 12.6. The average molecular weight is 481 g/mol. The minimum absolute atomic E-state index is 0.0324. The molecule has 0 heterocycles. The Morgan fingerprint density at radius 1 is 1.00 bits per heavy atom. The van der Waals surface area contributed by atoms with Crippen LogP contribution in [0, 0.1) is 11.8 Å². The first kappa shape index (κ1) is 26.3. The van der Waals surface area contributed by atoms with E-state index < -0.39 is 18.0 Å². The number of amides is 2. The van der Waals surface area contributed by atoms with Crippen molar-refractivity contribution in [2.45, 2.75) is 58.4 Å². The van der Waals surface area contributed by atoms with Crippen LogP contribution in [0.15, 0.2) is 48.5 Å². The summed E-state index contributed by atoms with van der Waals surface area (Å²) in [5, 5.41) is 14.9. The first-order valence-electron chi connectivity index (χ1n) is 12.4. The molecule has 188 valence electrons. The summed E-state index contributed by atoms with van der Waals surface area (Å²) in [5.74, 6) is -1.64. The van der Waals surface area contributed by atoms with Gasteiger partial charge in [0, 0.05) is 24.9 Å². The molecule has 0 saturated carbocycles. The van der Waals surface area contributed by atoms with E-state index in [1.54, 1.807) is 0 Å². The Bertz CT molecular complexity index is 990. The first-order valence-corrected chi connectivity index (χ1v) is 12.4. The molecule has 0 aromatic heterocycles. The standard InChI is InChI=1S/C28H36N2O5/c1-4-9-20(15-26(31)29-16-19(27(32)33)14-18(2)3)30-28(34)35-17-25-23-12-7-5-10-21(23)22-11-6-8-13-24(22)25/h5-8,10-13,18-20,25H,4,9,14-17H2,1-3H3,(H,29,31)(H,30,34)(H,32,33)/t19?,20-/m0/s1. The van der Waals surface area contributed by atoms with Gasteiger partial charge in [0.15, 0.2) is 0 Å². The summed E-state index contributed by atoms with van der Waals surface area (Å²) < 4.78 is 5.61. The van der Waals surface area contributed by atoms with Crippen molar-refractivity contribution in [3.05, 3.63) is 59.7 Å². The van der Waals surface area contributed by atoms with E-state index in [0.29, 0.717) is 12.8 Å². The molecule has 2 aromatic carbocycles. The summed E-state index contributed by atoms with van der Waals surface area (Å²) in [6.07, 6.45) is 1.41. The summed E-state index contributed by atoms with van der Waals surface area (Å²) in [4.78, 5) is 36.5. The van der Waals surface area contributed by atoms with E-state index >= 15 is 0 Å². The van der Waals surface area contributed by atoms with Crippen molar-refractivity contribution in [3.63, 3.8) is 0 Å². The van der Waals surface area contributed by atoms with Gasteiger partial charge in [0.05, 0.1) is 5.92 Å². The van der Waals surface area contributed by atoms with E-state index in [9.17, 15) is 19.5 Å². The number of rotatable bonds is 12. The fourth-order valence-corrected chi connectivity index (χ4v) is 4.75. The highest BCUT2D eigenvalue weighted by Gasteiger charge is 2.29. The minimum Gasteiger partial charge on any atom is -0.481 e. The first-order chi connectivity index (χ1) is 16.8. The van der Waals surface area contributed by atoms with Crippen LogP contribution in [-0.4, -0.2) is 42.3 Å². The monoisotopic (exact) mass is 480 g/mol. The molecule has 2 aromatic rings. The number of nitrogens with one attached hydrogen (secondary N) is 2. The number of hydrogen-bond acceptors (Lipinski definition) is 4. The third-order valence-electron chi connectivity index (χ3n) is 6.39. The van der Waals surface area contributed by atoms with Crippen molar-refractivity contribution < 1.29 is 24.2 Å². The topological polar surface area (TPSA) is 105 Å². The number of ether oxygens (including phenoxy) is 1. The van der Waals surface area contributed by atoms with E-state index in [-0.39, 0.29) is 43.4 Å². The van der Waals surface area contributed by atoms with Gasteiger partial charge in [0.2, 0.25) is 5.91 Å². The number of fused-ring (bicyclic) bond motifs is 3. The van der Waals surface area contributed by atoms with E-state index in [1.165, 1.54) is 0 Å². The Kier molecular flexibility index (Phi) is 9.29. The molecule has 1 aliphatic rings. The van der Waals surface area contributed by atoms with Gasteiger partial charge in [-0.05, 0) is 41.0 Å². The highest BCUT2D eigenvalue weighted by molar-refractivity contribution is 5.80. The third-order valence-corrected chi connectivity index (χ3v) is 6.39. The molecule has 3 N–H and O–H groups in total.